The third-order valence-electron chi connectivity index (χ3n) is 4.55. The summed E-state index contributed by atoms with van der Waals surface area (Å²) >= 11 is 0. The average Bonchev–Trinajstić information content (AvgIpc) is 3.24. The fourth-order valence-corrected chi connectivity index (χ4v) is 3.40. The number of piperidine rings is 1. The predicted octanol–water partition coefficient (Wildman–Crippen LogP) is 2.56. The highest BCUT2D eigenvalue weighted by atomic mass is 15.2. The standard InChI is InChI=1S/C16H20N6/c1-2-12-8-18-15-14(12)16(20-10-19-15)21-6-3-4-13(9-21)22-7-5-17-11-22/h5,7-8,10-11,13H,2-4,6,9H2,1H3,(H,18,19,20). The quantitative estimate of drug-likeness (QED) is 0.807. The number of anilines is 1. The summed E-state index contributed by atoms with van der Waals surface area (Å²) in [5, 5.41) is 1.18. The first-order valence-electron chi connectivity index (χ1n) is 7.90. The van der Waals surface area contributed by atoms with Gasteiger partial charge in [-0.05, 0) is 24.8 Å². The van der Waals surface area contributed by atoms with Crippen molar-refractivity contribution in [3.05, 3.63) is 36.8 Å². The van der Waals surface area contributed by atoms with E-state index in [2.05, 4.69) is 48.7 Å². The number of aromatic nitrogens is 5. The number of hydrogen-bond donors (Lipinski definition) is 1. The SMILES string of the molecule is CCc1c[nH]c2ncnc(N3CCCC(n4ccnc4)C3)c12. The van der Waals surface area contributed by atoms with Gasteiger partial charge in [-0.25, -0.2) is 15.0 Å². The van der Waals surface area contributed by atoms with E-state index in [1.807, 2.05) is 12.5 Å². The lowest BCUT2D eigenvalue weighted by Crippen LogP contribution is -2.37. The number of nitrogens with one attached hydrogen (secondary N) is 1. The zero-order chi connectivity index (χ0) is 14.9. The number of aryl methyl sites for hydroxylation is 1. The molecule has 0 radical (unpaired) electrons. The van der Waals surface area contributed by atoms with Crippen molar-refractivity contribution in [3.63, 3.8) is 0 Å². The molecule has 1 aliphatic heterocycles. The van der Waals surface area contributed by atoms with E-state index in [1.54, 1.807) is 6.33 Å². The minimum absolute atomic E-state index is 0.463. The van der Waals surface area contributed by atoms with Crippen LogP contribution in [0.1, 0.15) is 31.4 Å². The van der Waals surface area contributed by atoms with Gasteiger partial charge in [-0.1, -0.05) is 6.92 Å². The Morgan fingerprint density at radius 3 is 3.14 bits per heavy atom. The number of aromatic amines is 1. The van der Waals surface area contributed by atoms with Gasteiger partial charge >= 0.3 is 0 Å². The minimum Gasteiger partial charge on any atom is -0.354 e. The van der Waals surface area contributed by atoms with Crippen LogP contribution in [0.3, 0.4) is 0 Å². The van der Waals surface area contributed by atoms with Crippen LogP contribution < -0.4 is 4.90 Å². The zero-order valence-corrected chi connectivity index (χ0v) is 12.7. The fraction of sp³-hybridized carbons (Fsp3) is 0.438. The highest BCUT2D eigenvalue weighted by Gasteiger charge is 2.24. The van der Waals surface area contributed by atoms with Crippen molar-refractivity contribution >= 4 is 16.9 Å². The van der Waals surface area contributed by atoms with Gasteiger partial charge in [0.2, 0.25) is 0 Å². The highest BCUT2D eigenvalue weighted by Crippen LogP contribution is 2.31. The van der Waals surface area contributed by atoms with Gasteiger partial charge in [-0.3, -0.25) is 0 Å². The molecule has 1 saturated heterocycles. The van der Waals surface area contributed by atoms with Crippen LogP contribution in [-0.4, -0.2) is 37.6 Å². The highest BCUT2D eigenvalue weighted by molar-refractivity contribution is 5.90. The Labute approximate surface area is 129 Å². The van der Waals surface area contributed by atoms with Crippen LogP contribution in [0.15, 0.2) is 31.2 Å². The summed E-state index contributed by atoms with van der Waals surface area (Å²) in [5.41, 5.74) is 2.22. The van der Waals surface area contributed by atoms with Crippen LogP contribution in [0.2, 0.25) is 0 Å². The first-order valence-corrected chi connectivity index (χ1v) is 7.90. The van der Waals surface area contributed by atoms with Crippen LogP contribution in [0.5, 0.6) is 0 Å². The third-order valence-corrected chi connectivity index (χ3v) is 4.55. The number of H-pyrrole nitrogens is 1. The van der Waals surface area contributed by atoms with Crippen molar-refractivity contribution in [2.24, 2.45) is 0 Å². The van der Waals surface area contributed by atoms with Gasteiger partial charge < -0.3 is 14.5 Å². The Hall–Kier alpha value is -2.37. The van der Waals surface area contributed by atoms with Gasteiger partial charge in [-0.15, -0.1) is 0 Å². The van der Waals surface area contributed by atoms with Gasteiger partial charge in [0.05, 0.1) is 17.8 Å². The molecule has 0 amide bonds. The van der Waals surface area contributed by atoms with Crippen molar-refractivity contribution in [2.75, 3.05) is 18.0 Å². The van der Waals surface area contributed by atoms with E-state index in [1.165, 1.54) is 23.8 Å². The lowest BCUT2D eigenvalue weighted by molar-refractivity contribution is 0.404. The molecule has 1 N–H and O–H groups in total. The van der Waals surface area contributed by atoms with Crippen LogP contribution >= 0.6 is 0 Å². The second-order valence-corrected chi connectivity index (χ2v) is 5.84. The van der Waals surface area contributed by atoms with E-state index in [-0.39, 0.29) is 0 Å². The maximum absolute atomic E-state index is 4.60. The average molecular weight is 296 g/mol. The summed E-state index contributed by atoms with van der Waals surface area (Å²) in [4.78, 5) is 18.8. The van der Waals surface area contributed by atoms with Gasteiger partial charge in [0.15, 0.2) is 0 Å². The Balaban J connectivity index is 1.70. The van der Waals surface area contributed by atoms with E-state index in [9.17, 15) is 0 Å². The Morgan fingerprint density at radius 2 is 2.32 bits per heavy atom. The van der Waals surface area contributed by atoms with Crippen LogP contribution in [0, 0.1) is 0 Å². The molecule has 1 unspecified atom stereocenters. The van der Waals surface area contributed by atoms with Crippen molar-refractivity contribution in [2.45, 2.75) is 32.2 Å². The van der Waals surface area contributed by atoms with E-state index < -0.39 is 0 Å². The minimum atomic E-state index is 0.463. The third kappa shape index (κ3) is 2.15. The van der Waals surface area contributed by atoms with E-state index in [0.717, 1.165) is 31.0 Å². The van der Waals surface area contributed by atoms with Crippen LogP contribution in [0.4, 0.5) is 5.82 Å². The lowest BCUT2D eigenvalue weighted by Gasteiger charge is -2.34. The predicted molar refractivity (Wildman–Crippen MR) is 86.0 cm³/mol. The summed E-state index contributed by atoms with van der Waals surface area (Å²) < 4.78 is 2.21. The van der Waals surface area contributed by atoms with E-state index in [0.29, 0.717) is 6.04 Å². The van der Waals surface area contributed by atoms with Crippen molar-refractivity contribution in [1.29, 1.82) is 0 Å². The maximum Gasteiger partial charge on any atom is 0.143 e. The van der Waals surface area contributed by atoms with Crippen molar-refractivity contribution < 1.29 is 0 Å². The van der Waals surface area contributed by atoms with Crippen molar-refractivity contribution in [3.8, 4) is 0 Å². The summed E-state index contributed by atoms with van der Waals surface area (Å²) in [6.45, 7) is 4.19. The number of rotatable bonds is 3. The molecule has 6 nitrogen and oxygen atoms in total. The molecule has 0 bridgehead atoms. The molecular weight excluding hydrogens is 276 g/mol. The molecule has 1 atom stereocenters. The number of fused-ring (bicyclic) bond motifs is 1. The van der Waals surface area contributed by atoms with Crippen LogP contribution in [0.25, 0.3) is 11.0 Å². The molecule has 4 rings (SSSR count). The normalized spacial score (nSPS) is 19.0. The largest absolute Gasteiger partial charge is 0.354 e. The molecule has 0 spiro atoms. The molecule has 4 heterocycles. The summed E-state index contributed by atoms with van der Waals surface area (Å²) in [7, 11) is 0. The molecule has 3 aromatic heterocycles. The van der Waals surface area contributed by atoms with E-state index >= 15 is 0 Å². The molecule has 0 saturated carbocycles. The first kappa shape index (κ1) is 13.3. The molecular formula is C16H20N6. The van der Waals surface area contributed by atoms with Crippen molar-refractivity contribution in [1.82, 2.24) is 24.5 Å². The number of imidazole rings is 1. The Kier molecular flexibility index (Phi) is 3.29. The van der Waals surface area contributed by atoms with E-state index in [4.69, 9.17) is 0 Å². The zero-order valence-electron chi connectivity index (χ0n) is 12.7. The first-order chi connectivity index (χ1) is 10.9. The number of nitrogens with zero attached hydrogens (tertiary/aromatic N) is 5. The molecule has 1 aliphatic rings. The van der Waals surface area contributed by atoms with Crippen LogP contribution in [-0.2, 0) is 6.42 Å². The topological polar surface area (TPSA) is 62.6 Å². The summed E-state index contributed by atoms with van der Waals surface area (Å²) in [6.07, 6.45) is 12.9. The summed E-state index contributed by atoms with van der Waals surface area (Å²) in [5.74, 6) is 1.06. The van der Waals surface area contributed by atoms with Gasteiger partial charge in [0, 0.05) is 31.7 Å². The molecule has 22 heavy (non-hydrogen) atoms. The molecule has 1 fully saturated rings. The van der Waals surface area contributed by atoms with Gasteiger partial charge in [0.25, 0.3) is 0 Å². The molecule has 6 heteroatoms. The molecule has 3 aromatic rings. The monoisotopic (exact) mass is 296 g/mol. The number of hydrogen-bond acceptors (Lipinski definition) is 4. The molecule has 114 valence electrons. The molecule has 0 aromatic carbocycles. The van der Waals surface area contributed by atoms with Gasteiger partial charge in [0.1, 0.15) is 17.8 Å². The Bertz CT molecular complexity index is 760. The Morgan fingerprint density at radius 1 is 1.36 bits per heavy atom. The summed E-state index contributed by atoms with van der Waals surface area (Å²) in [6, 6.07) is 0.463. The smallest absolute Gasteiger partial charge is 0.143 e. The lowest BCUT2D eigenvalue weighted by atomic mass is 10.0. The second-order valence-electron chi connectivity index (χ2n) is 5.84. The molecule has 0 aliphatic carbocycles. The van der Waals surface area contributed by atoms with Gasteiger partial charge in [-0.2, -0.15) is 0 Å². The maximum atomic E-state index is 4.60. The second kappa shape index (κ2) is 5.44. The fourth-order valence-electron chi connectivity index (χ4n) is 3.40.